The molecule has 0 spiro atoms. The summed E-state index contributed by atoms with van der Waals surface area (Å²) in [6, 6.07) is 5.85. The molecule has 10 heteroatoms. The summed E-state index contributed by atoms with van der Waals surface area (Å²) >= 11 is 1.62. The average molecular weight is 411 g/mol. The lowest BCUT2D eigenvalue weighted by Crippen LogP contribution is -2.35. The minimum absolute atomic E-state index is 0.0436. The molecule has 1 aromatic carbocycles. The Bertz CT molecular complexity index is 896. The molecule has 27 heavy (non-hydrogen) atoms. The molecule has 8 nitrogen and oxygen atoms in total. The van der Waals surface area contributed by atoms with Crippen LogP contribution < -0.4 is 9.79 Å². The Balaban J connectivity index is 1.67. The number of nitrogens with zero attached hydrogens (tertiary/aromatic N) is 3. The number of aromatic nitrogens is 1. The van der Waals surface area contributed by atoms with Crippen molar-refractivity contribution in [3.05, 3.63) is 40.9 Å². The Hall–Kier alpha value is -2.01. The van der Waals surface area contributed by atoms with Crippen molar-refractivity contribution < 1.29 is 18.0 Å². The van der Waals surface area contributed by atoms with E-state index in [0.29, 0.717) is 18.7 Å². The summed E-state index contributed by atoms with van der Waals surface area (Å²) in [5.41, 5.74) is 1.47. The number of rotatable bonds is 5. The fourth-order valence-corrected chi connectivity index (χ4v) is 4.58. The van der Waals surface area contributed by atoms with Gasteiger partial charge >= 0.3 is 0 Å². The summed E-state index contributed by atoms with van der Waals surface area (Å²) in [5, 5.41) is 3.01. The summed E-state index contributed by atoms with van der Waals surface area (Å²) in [6.45, 7) is 4.81. The molecule has 2 aromatic rings. The van der Waals surface area contributed by atoms with E-state index in [1.807, 2.05) is 17.2 Å². The third-order valence-corrected chi connectivity index (χ3v) is 6.56. The van der Waals surface area contributed by atoms with E-state index in [4.69, 9.17) is 0 Å². The highest BCUT2D eigenvalue weighted by Crippen LogP contribution is 2.22. The van der Waals surface area contributed by atoms with Gasteiger partial charge in [-0.1, -0.05) is 4.89 Å². The zero-order chi connectivity index (χ0) is 19.4. The molecule has 0 aliphatic carbocycles. The maximum Gasteiger partial charge on any atom is 0.262 e. The second-order valence-corrected chi connectivity index (χ2v) is 8.70. The van der Waals surface area contributed by atoms with Gasteiger partial charge in [-0.25, -0.2) is 13.4 Å². The highest BCUT2D eigenvalue weighted by Gasteiger charge is 2.22. The molecule has 146 valence electrons. The molecule has 0 saturated carbocycles. The Morgan fingerprint density at radius 1 is 1.19 bits per heavy atom. The summed E-state index contributed by atoms with van der Waals surface area (Å²) in [4.78, 5) is 27.8. The number of amides is 1. The van der Waals surface area contributed by atoms with Crippen molar-refractivity contribution in [2.75, 3.05) is 38.2 Å². The number of thiazole rings is 1. The van der Waals surface area contributed by atoms with Crippen LogP contribution in [0.4, 0.5) is 5.13 Å². The number of anilines is 1. The maximum atomic E-state index is 12.8. The lowest BCUT2D eigenvalue weighted by Gasteiger charge is -2.22. The SMILES string of the molecule is CONS(=O)(=O)c1ccc(C(=O)N2CCCN(c3nc(C)cs3)CC2)cc1. The zero-order valence-corrected chi connectivity index (χ0v) is 16.8. The first kappa shape index (κ1) is 19.7. The Labute approximate surface area is 162 Å². The number of hydrogen-bond donors (Lipinski definition) is 1. The van der Waals surface area contributed by atoms with E-state index in [1.165, 1.54) is 31.4 Å². The predicted molar refractivity (Wildman–Crippen MR) is 103 cm³/mol. The Morgan fingerprint density at radius 3 is 2.56 bits per heavy atom. The standard InChI is InChI=1S/C17H22N4O4S2/c1-13-12-26-17(18-13)21-9-3-8-20(10-11-21)16(22)14-4-6-15(7-5-14)27(23,24)19-25-2/h4-7,12,19H,3,8-11H2,1-2H3. The van der Waals surface area contributed by atoms with Crippen molar-refractivity contribution in [2.45, 2.75) is 18.2 Å². The number of aryl methyl sites for hydroxylation is 1. The molecule has 0 unspecified atom stereocenters. The molecule has 3 rings (SSSR count). The van der Waals surface area contributed by atoms with Crippen molar-refractivity contribution in [1.29, 1.82) is 0 Å². The van der Waals surface area contributed by atoms with Gasteiger partial charge < -0.3 is 9.80 Å². The van der Waals surface area contributed by atoms with Crippen LogP contribution in [0.3, 0.4) is 0 Å². The van der Waals surface area contributed by atoms with Crippen LogP contribution in [0.2, 0.25) is 0 Å². The lowest BCUT2D eigenvalue weighted by atomic mass is 10.2. The van der Waals surface area contributed by atoms with Crippen molar-refractivity contribution in [3.8, 4) is 0 Å². The van der Waals surface area contributed by atoms with Crippen LogP contribution in [-0.4, -0.2) is 57.5 Å². The van der Waals surface area contributed by atoms with E-state index in [-0.39, 0.29) is 10.8 Å². The van der Waals surface area contributed by atoms with Gasteiger partial charge in [0.2, 0.25) is 0 Å². The van der Waals surface area contributed by atoms with Crippen LogP contribution in [0.5, 0.6) is 0 Å². The molecule has 1 amide bonds. The first-order valence-corrected chi connectivity index (χ1v) is 10.9. The third kappa shape index (κ3) is 4.64. The molecule has 1 N–H and O–H groups in total. The van der Waals surface area contributed by atoms with Crippen LogP contribution >= 0.6 is 11.3 Å². The predicted octanol–water partition coefficient (Wildman–Crippen LogP) is 1.64. The van der Waals surface area contributed by atoms with Crippen LogP contribution in [0.25, 0.3) is 0 Å². The number of benzene rings is 1. The molecular weight excluding hydrogens is 388 g/mol. The smallest absolute Gasteiger partial charge is 0.262 e. The van der Waals surface area contributed by atoms with Crippen LogP contribution in [0.1, 0.15) is 22.5 Å². The maximum absolute atomic E-state index is 12.8. The molecule has 1 fully saturated rings. The molecule has 1 aliphatic heterocycles. The van der Waals surface area contributed by atoms with Gasteiger partial charge in [0.1, 0.15) is 0 Å². The number of hydrogen-bond acceptors (Lipinski definition) is 7. The Morgan fingerprint density at radius 2 is 1.93 bits per heavy atom. The highest BCUT2D eigenvalue weighted by atomic mass is 32.2. The molecular formula is C17H22N4O4S2. The minimum Gasteiger partial charge on any atom is -0.346 e. The van der Waals surface area contributed by atoms with Crippen molar-refractivity contribution >= 4 is 32.4 Å². The van der Waals surface area contributed by atoms with Gasteiger partial charge in [0.25, 0.3) is 15.9 Å². The second kappa shape index (κ2) is 8.34. The second-order valence-electron chi connectivity index (χ2n) is 6.22. The van der Waals surface area contributed by atoms with E-state index in [1.54, 1.807) is 16.2 Å². The summed E-state index contributed by atoms with van der Waals surface area (Å²) < 4.78 is 23.8. The number of carbonyl (C=O) groups is 1. The molecule has 2 heterocycles. The topological polar surface area (TPSA) is 91.8 Å². The number of sulfonamides is 1. The largest absolute Gasteiger partial charge is 0.346 e. The molecule has 0 bridgehead atoms. The van der Waals surface area contributed by atoms with E-state index < -0.39 is 10.0 Å². The van der Waals surface area contributed by atoms with Crippen LogP contribution in [-0.2, 0) is 14.9 Å². The van der Waals surface area contributed by atoms with E-state index in [0.717, 1.165) is 30.3 Å². The number of nitrogens with one attached hydrogen (secondary N) is 1. The summed E-state index contributed by atoms with van der Waals surface area (Å²) in [5.74, 6) is -0.101. The molecule has 1 saturated heterocycles. The van der Waals surface area contributed by atoms with E-state index in [9.17, 15) is 13.2 Å². The molecule has 0 radical (unpaired) electrons. The van der Waals surface area contributed by atoms with Gasteiger partial charge in [0.15, 0.2) is 5.13 Å². The lowest BCUT2D eigenvalue weighted by molar-refractivity contribution is 0.0767. The van der Waals surface area contributed by atoms with Gasteiger partial charge in [0.05, 0.1) is 17.7 Å². The van der Waals surface area contributed by atoms with Gasteiger partial charge in [-0.15, -0.1) is 11.3 Å². The normalized spacial score (nSPS) is 15.6. The third-order valence-electron chi connectivity index (χ3n) is 4.27. The van der Waals surface area contributed by atoms with Crippen LogP contribution in [0, 0.1) is 6.92 Å². The van der Waals surface area contributed by atoms with E-state index in [2.05, 4.69) is 14.7 Å². The van der Waals surface area contributed by atoms with Crippen molar-refractivity contribution in [3.63, 3.8) is 0 Å². The first-order valence-electron chi connectivity index (χ1n) is 8.52. The summed E-state index contributed by atoms with van der Waals surface area (Å²) in [6.07, 6.45) is 0.856. The highest BCUT2D eigenvalue weighted by molar-refractivity contribution is 7.89. The fraction of sp³-hybridized carbons (Fsp3) is 0.412. The zero-order valence-electron chi connectivity index (χ0n) is 15.2. The minimum atomic E-state index is -3.73. The quantitative estimate of drug-likeness (QED) is 0.754. The molecule has 1 aromatic heterocycles. The van der Waals surface area contributed by atoms with E-state index >= 15 is 0 Å². The fourth-order valence-electron chi connectivity index (χ4n) is 2.92. The Kier molecular flexibility index (Phi) is 6.10. The van der Waals surface area contributed by atoms with Gasteiger partial charge in [-0.2, -0.15) is 0 Å². The molecule has 1 aliphatic rings. The van der Waals surface area contributed by atoms with Crippen molar-refractivity contribution in [1.82, 2.24) is 14.8 Å². The van der Waals surface area contributed by atoms with Gasteiger partial charge in [-0.3, -0.25) is 9.63 Å². The first-order chi connectivity index (χ1) is 12.9. The number of carbonyl (C=O) groups excluding carboxylic acids is 1. The molecule has 0 atom stereocenters. The van der Waals surface area contributed by atoms with Crippen molar-refractivity contribution in [2.24, 2.45) is 0 Å². The van der Waals surface area contributed by atoms with Gasteiger partial charge in [0, 0.05) is 37.1 Å². The average Bonchev–Trinajstić information content (AvgIpc) is 2.93. The van der Waals surface area contributed by atoms with Gasteiger partial charge in [-0.05, 0) is 37.6 Å². The van der Waals surface area contributed by atoms with Crippen LogP contribution in [0.15, 0.2) is 34.5 Å². The monoisotopic (exact) mass is 410 g/mol. The summed E-state index contributed by atoms with van der Waals surface area (Å²) in [7, 11) is -2.50.